The predicted molar refractivity (Wildman–Crippen MR) is 70.0 cm³/mol. The molecule has 0 heterocycles. The lowest BCUT2D eigenvalue weighted by Crippen LogP contribution is -2.22. The van der Waals surface area contributed by atoms with E-state index in [1.807, 2.05) is 6.07 Å². The first-order valence-corrected chi connectivity index (χ1v) is 6.60. The maximum Gasteiger partial charge on any atom is 0.124 e. The summed E-state index contributed by atoms with van der Waals surface area (Å²) in [5.41, 5.74) is 1.05. The van der Waals surface area contributed by atoms with E-state index in [4.69, 9.17) is 11.6 Å². The molecular formula is C14H19ClFN. The Morgan fingerprint density at radius 1 is 1.41 bits per heavy atom. The van der Waals surface area contributed by atoms with E-state index in [-0.39, 0.29) is 5.82 Å². The maximum atomic E-state index is 13.2. The molecule has 0 saturated heterocycles. The van der Waals surface area contributed by atoms with Crippen LogP contribution in [0.15, 0.2) is 18.2 Å². The molecule has 1 fully saturated rings. The quantitative estimate of drug-likeness (QED) is 0.843. The van der Waals surface area contributed by atoms with Gasteiger partial charge in [0.05, 0.1) is 0 Å². The Hall–Kier alpha value is -0.600. The van der Waals surface area contributed by atoms with E-state index in [1.165, 1.54) is 6.07 Å². The maximum absolute atomic E-state index is 13.2. The van der Waals surface area contributed by atoms with Crippen LogP contribution in [-0.4, -0.2) is 13.1 Å². The van der Waals surface area contributed by atoms with Gasteiger partial charge in [-0.05, 0) is 61.0 Å². The Labute approximate surface area is 107 Å². The lowest BCUT2D eigenvalue weighted by Gasteiger charge is -2.07. The van der Waals surface area contributed by atoms with Gasteiger partial charge in [0.15, 0.2) is 0 Å². The Morgan fingerprint density at radius 2 is 2.18 bits per heavy atom. The fraction of sp³-hybridized carbons (Fsp3) is 0.571. The van der Waals surface area contributed by atoms with Crippen LogP contribution in [0, 0.1) is 17.7 Å². The zero-order chi connectivity index (χ0) is 12.4. The van der Waals surface area contributed by atoms with E-state index in [0.717, 1.165) is 25.1 Å². The van der Waals surface area contributed by atoms with Crippen molar-refractivity contribution >= 4 is 11.6 Å². The Kier molecular flexibility index (Phi) is 4.05. The SMILES string of the molecule is CC(C)CNCC1CC1c1cc(F)cc(Cl)c1. The van der Waals surface area contributed by atoms with Crippen molar-refractivity contribution in [2.45, 2.75) is 26.2 Å². The molecule has 17 heavy (non-hydrogen) atoms. The van der Waals surface area contributed by atoms with Crippen LogP contribution in [-0.2, 0) is 0 Å². The van der Waals surface area contributed by atoms with E-state index in [1.54, 1.807) is 6.07 Å². The summed E-state index contributed by atoms with van der Waals surface area (Å²) in [6.45, 7) is 6.47. The fourth-order valence-corrected chi connectivity index (χ4v) is 2.46. The molecule has 0 spiro atoms. The van der Waals surface area contributed by atoms with Gasteiger partial charge in [0.25, 0.3) is 0 Å². The monoisotopic (exact) mass is 255 g/mol. The van der Waals surface area contributed by atoms with Crippen molar-refractivity contribution in [3.63, 3.8) is 0 Å². The molecule has 0 aliphatic heterocycles. The van der Waals surface area contributed by atoms with Gasteiger partial charge in [0, 0.05) is 5.02 Å². The first-order valence-electron chi connectivity index (χ1n) is 6.23. The standard InChI is InChI=1S/C14H19ClFN/c1-9(2)7-17-8-11-5-14(11)10-3-12(15)6-13(16)4-10/h3-4,6,9,11,14,17H,5,7-8H2,1-2H3. The minimum absolute atomic E-state index is 0.228. The summed E-state index contributed by atoms with van der Waals surface area (Å²) in [5, 5.41) is 3.95. The second kappa shape index (κ2) is 5.36. The summed E-state index contributed by atoms with van der Waals surface area (Å²) < 4.78 is 13.2. The molecule has 0 radical (unpaired) electrons. The Balaban J connectivity index is 1.85. The van der Waals surface area contributed by atoms with Gasteiger partial charge in [0.1, 0.15) is 5.82 Å². The van der Waals surface area contributed by atoms with Crippen LogP contribution in [0.3, 0.4) is 0 Å². The van der Waals surface area contributed by atoms with Crippen molar-refractivity contribution in [3.05, 3.63) is 34.6 Å². The predicted octanol–water partition coefficient (Wildman–Crippen LogP) is 3.83. The number of halogens is 2. The van der Waals surface area contributed by atoms with Crippen molar-refractivity contribution in [2.75, 3.05) is 13.1 Å². The largest absolute Gasteiger partial charge is 0.316 e. The zero-order valence-corrected chi connectivity index (χ0v) is 11.1. The van der Waals surface area contributed by atoms with Gasteiger partial charge in [-0.3, -0.25) is 0 Å². The smallest absolute Gasteiger partial charge is 0.124 e. The third-order valence-corrected chi connectivity index (χ3v) is 3.41. The highest BCUT2D eigenvalue weighted by Gasteiger charge is 2.37. The third kappa shape index (κ3) is 3.68. The second-order valence-corrected chi connectivity index (χ2v) is 5.79. The summed E-state index contributed by atoms with van der Waals surface area (Å²) in [5.74, 6) is 1.58. The molecule has 2 rings (SSSR count). The molecule has 0 aromatic heterocycles. The highest BCUT2D eigenvalue weighted by atomic mass is 35.5. The van der Waals surface area contributed by atoms with E-state index in [2.05, 4.69) is 19.2 Å². The zero-order valence-electron chi connectivity index (χ0n) is 10.3. The van der Waals surface area contributed by atoms with Crippen LogP contribution in [0.25, 0.3) is 0 Å². The third-order valence-electron chi connectivity index (χ3n) is 3.19. The lowest BCUT2D eigenvalue weighted by atomic mass is 10.1. The molecule has 2 atom stereocenters. The molecule has 1 aliphatic carbocycles. The van der Waals surface area contributed by atoms with Gasteiger partial charge in [-0.1, -0.05) is 25.4 Å². The van der Waals surface area contributed by atoms with Crippen molar-refractivity contribution in [1.29, 1.82) is 0 Å². The van der Waals surface area contributed by atoms with Crippen molar-refractivity contribution in [1.82, 2.24) is 5.32 Å². The van der Waals surface area contributed by atoms with Crippen LogP contribution < -0.4 is 5.32 Å². The molecule has 1 aliphatic rings. The number of rotatable bonds is 5. The van der Waals surface area contributed by atoms with Gasteiger partial charge in [-0.2, -0.15) is 0 Å². The van der Waals surface area contributed by atoms with Gasteiger partial charge < -0.3 is 5.32 Å². The molecule has 1 aromatic rings. The lowest BCUT2D eigenvalue weighted by molar-refractivity contribution is 0.532. The summed E-state index contributed by atoms with van der Waals surface area (Å²) >= 11 is 5.86. The number of hydrogen-bond donors (Lipinski definition) is 1. The highest BCUT2D eigenvalue weighted by molar-refractivity contribution is 6.30. The van der Waals surface area contributed by atoms with Crippen LogP contribution in [0.5, 0.6) is 0 Å². The summed E-state index contributed by atoms with van der Waals surface area (Å²) in [4.78, 5) is 0. The Bertz CT molecular complexity index is 372. The molecular weight excluding hydrogens is 237 g/mol. The molecule has 1 aromatic carbocycles. The summed E-state index contributed by atoms with van der Waals surface area (Å²) in [7, 11) is 0. The average Bonchev–Trinajstić information content (AvgIpc) is 2.95. The highest BCUT2D eigenvalue weighted by Crippen LogP contribution is 2.47. The molecule has 94 valence electrons. The van der Waals surface area contributed by atoms with Crippen molar-refractivity contribution in [2.24, 2.45) is 11.8 Å². The van der Waals surface area contributed by atoms with Crippen molar-refractivity contribution < 1.29 is 4.39 Å². The molecule has 1 N–H and O–H groups in total. The Morgan fingerprint density at radius 3 is 2.82 bits per heavy atom. The number of hydrogen-bond acceptors (Lipinski definition) is 1. The van der Waals surface area contributed by atoms with Gasteiger partial charge >= 0.3 is 0 Å². The van der Waals surface area contributed by atoms with Crippen LogP contribution in [0.1, 0.15) is 31.7 Å². The summed E-state index contributed by atoms with van der Waals surface area (Å²) in [6.07, 6.45) is 1.14. The number of benzene rings is 1. The molecule has 1 nitrogen and oxygen atoms in total. The molecule has 3 heteroatoms. The first kappa shape index (κ1) is 12.8. The van der Waals surface area contributed by atoms with E-state index < -0.39 is 0 Å². The average molecular weight is 256 g/mol. The first-order chi connectivity index (χ1) is 8.06. The van der Waals surface area contributed by atoms with Gasteiger partial charge in [-0.15, -0.1) is 0 Å². The minimum Gasteiger partial charge on any atom is -0.316 e. The van der Waals surface area contributed by atoms with Gasteiger partial charge in [-0.25, -0.2) is 4.39 Å². The van der Waals surface area contributed by atoms with Gasteiger partial charge in [0.2, 0.25) is 0 Å². The molecule has 0 amide bonds. The van der Waals surface area contributed by atoms with Crippen LogP contribution in [0.4, 0.5) is 4.39 Å². The number of nitrogens with one attached hydrogen (secondary N) is 1. The second-order valence-electron chi connectivity index (χ2n) is 5.36. The van der Waals surface area contributed by atoms with E-state index in [0.29, 0.717) is 22.8 Å². The topological polar surface area (TPSA) is 12.0 Å². The van der Waals surface area contributed by atoms with Crippen LogP contribution in [0.2, 0.25) is 5.02 Å². The molecule has 0 bridgehead atoms. The molecule has 1 saturated carbocycles. The normalized spacial score (nSPS) is 23.1. The molecule has 2 unspecified atom stereocenters. The van der Waals surface area contributed by atoms with E-state index >= 15 is 0 Å². The minimum atomic E-state index is -0.228. The van der Waals surface area contributed by atoms with E-state index in [9.17, 15) is 4.39 Å². The fourth-order valence-electron chi connectivity index (χ4n) is 2.23. The summed E-state index contributed by atoms with van der Waals surface area (Å²) in [6, 6.07) is 4.86. The van der Waals surface area contributed by atoms with Crippen LogP contribution >= 0.6 is 11.6 Å². The van der Waals surface area contributed by atoms with Crippen molar-refractivity contribution in [3.8, 4) is 0 Å².